The van der Waals surface area contributed by atoms with Gasteiger partial charge in [0.1, 0.15) is 0 Å². The molecule has 0 spiro atoms. The molecule has 0 bridgehead atoms. The van der Waals surface area contributed by atoms with Crippen molar-refractivity contribution in [3.05, 3.63) is 120 Å². The van der Waals surface area contributed by atoms with E-state index in [1.807, 2.05) is 0 Å². The molecule has 0 fully saturated rings. The van der Waals surface area contributed by atoms with E-state index >= 15 is 0 Å². The summed E-state index contributed by atoms with van der Waals surface area (Å²) in [5.74, 6) is 0. The van der Waals surface area contributed by atoms with Crippen molar-refractivity contribution in [1.82, 2.24) is 9.13 Å². The van der Waals surface area contributed by atoms with E-state index in [2.05, 4.69) is 134 Å². The molecule has 5 heteroatoms. The number of fused-ring (bicyclic) bond motifs is 2. The number of nitrogens with zero attached hydrogens (tertiary/aromatic N) is 2. The van der Waals surface area contributed by atoms with Gasteiger partial charge >= 0.3 is 26.2 Å². The molecule has 0 saturated heterocycles. The Morgan fingerprint density at radius 1 is 0.514 bits per heavy atom. The van der Waals surface area contributed by atoms with Gasteiger partial charge in [-0.1, -0.05) is 37.1 Å². The van der Waals surface area contributed by atoms with Crippen molar-refractivity contribution in [3.8, 4) is 11.4 Å². The summed E-state index contributed by atoms with van der Waals surface area (Å²) in [4.78, 5) is 0. The molecule has 176 valence electrons. The second kappa shape index (κ2) is 12.3. The van der Waals surface area contributed by atoms with Crippen molar-refractivity contribution in [2.24, 2.45) is 0 Å². The third kappa shape index (κ3) is 5.90. The van der Waals surface area contributed by atoms with E-state index in [1.54, 1.807) is 0 Å². The molecular formula is C30H28Br2N2Zr. The zero-order chi connectivity index (χ0) is 22.2. The molecular weight excluding hydrogens is 639 g/mol. The number of rotatable bonds is 2. The molecule has 35 heavy (non-hydrogen) atoms. The summed E-state index contributed by atoms with van der Waals surface area (Å²) in [5.41, 5.74) is 7.88. The first-order chi connectivity index (χ1) is 15.5. The van der Waals surface area contributed by atoms with Gasteiger partial charge in [-0.15, -0.1) is 69.1 Å². The second-order valence-electron chi connectivity index (χ2n) is 8.66. The van der Waals surface area contributed by atoms with E-state index in [-0.39, 0.29) is 60.2 Å². The van der Waals surface area contributed by atoms with E-state index in [0.29, 0.717) is 0 Å². The number of hydrogen-bond donors (Lipinski definition) is 0. The molecule has 6 aromatic rings. The molecule has 2 nitrogen and oxygen atoms in total. The van der Waals surface area contributed by atoms with E-state index in [0.717, 1.165) is 0 Å². The Kier molecular flexibility index (Phi) is 10.3. The summed E-state index contributed by atoms with van der Waals surface area (Å²) < 4.78 is 4.30. The Morgan fingerprint density at radius 2 is 0.829 bits per heavy atom. The minimum Gasteiger partial charge on any atom is -1.00 e. The van der Waals surface area contributed by atoms with Gasteiger partial charge < -0.3 is 43.1 Å². The van der Waals surface area contributed by atoms with Crippen LogP contribution in [0.15, 0.2) is 97.6 Å². The van der Waals surface area contributed by atoms with Crippen molar-refractivity contribution < 1.29 is 60.2 Å². The maximum atomic E-state index is 2.26. The normalized spacial score (nSPS) is 10.2. The first kappa shape index (κ1) is 29.3. The van der Waals surface area contributed by atoms with E-state index in [4.69, 9.17) is 0 Å². The Labute approximate surface area is 248 Å². The maximum Gasteiger partial charge on any atom is 4.00 e. The Hall–Kier alpha value is -1.94. The molecule has 6 rings (SSSR count). The van der Waals surface area contributed by atoms with Gasteiger partial charge in [0.2, 0.25) is 0 Å². The number of aromatic nitrogens is 2. The molecule has 0 radical (unpaired) electrons. The minimum atomic E-state index is 0. The van der Waals surface area contributed by atoms with Crippen LogP contribution < -0.4 is 34.0 Å². The standard InChI is InChI=1S/2C15H14N.2BrH.Zr/c2*1-11-5-6-12(2)15-10-13(9-14(11)15)16-7-3-4-8-16;;;/h2*3-10H,1-2H3;2*1H;/q2*-1;;;+4/p-2. The number of hydrogen-bond acceptors (Lipinski definition) is 0. The summed E-state index contributed by atoms with van der Waals surface area (Å²) in [7, 11) is 0. The van der Waals surface area contributed by atoms with Crippen LogP contribution in [0.3, 0.4) is 0 Å². The predicted molar refractivity (Wildman–Crippen MR) is 137 cm³/mol. The van der Waals surface area contributed by atoms with Gasteiger partial charge in [-0.05, 0) is 49.5 Å². The van der Waals surface area contributed by atoms with Gasteiger partial charge in [0, 0.05) is 24.8 Å². The zero-order valence-electron chi connectivity index (χ0n) is 20.4. The van der Waals surface area contributed by atoms with Crippen molar-refractivity contribution in [3.63, 3.8) is 0 Å². The van der Waals surface area contributed by atoms with Crippen molar-refractivity contribution in [2.45, 2.75) is 27.7 Å². The zero-order valence-corrected chi connectivity index (χ0v) is 26.0. The quantitative estimate of drug-likeness (QED) is 0.250. The average Bonchev–Trinajstić information content (AvgIpc) is 3.58. The predicted octanol–water partition coefficient (Wildman–Crippen LogP) is 1.94. The van der Waals surface area contributed by atoms with Gasteiger partial charge in [-0.2, -0.15) is 0 Å². The van der Waals surface area contributed by atoms with Gasteiger partial charge in [0.25, 0.3) is 0 Å². The Bertz CT molecular complexity index is 1310. The third-order valence-electron chi connectivity index (χ3n) is 6.42. The van der Waals surface area contributed by atoms with Gasteiger partial charge in [-0.25, -0.2) is 0 Å². The molecule has 0 atom stereocenters. The SMILES string of the molecule is Cc1ccc(C)c2[cH-]c(-n3cccc3)cc12.Cc1ccc(C)c2[cH-]c(-n3cccc3)cc12.[Br-].[Br-].[Zr+4]. The molecule has 0 unspecified atom stereocenters. The van der Waals surface area contributed by atoms with Crippen LogP contribution in [0, 0.1) is 27.7 Å². The van der Waals surface area contributed by atoms with Crippen LogP contribution in [0.1, 0.15) is 22.3 Å². The average molecular weight is 668 g/mol. The van der Waals surface area contributed by atoms with Crippen molar-refractivity contribution >= 4 is 21.5 Å². The molecule has 0 aliphatic carbocycles. The van der Waals surface area contributed by atoms with Crippen LogP contribution in [0.2, 0.25) is 0 Å². The Balaban J connectivity index is 0.000000227. The summed E-state index contributed by atoms with van der Waals surface area (Å²) in [6.07, 6.45) is 8.33. The van der Waals surface area contributed by atoms with Crippen LogP contribution in [-0.2, 0) is 26.2 Å². The fourth-order valence-corrected chi connectivity index (χ4v) is 4.46. The van der Waals surface area contributed by atoms with Crippen LogP contribution in [-0.4, -0.2) is 9.13 Å². The van der Waals surface area contributed by atoms with Gasteiger partial charge in [-0.3, -0.25) is 0 Å². The second-order valence-corrected chi connectivity index (χ2v) is 8.66. The fraction of sp³-hybridized carbons (Fsp3) is 0.133. The first-order valence-electron chi connectivity index (χ1n) is 11.1. The molecule has 0 N–H and O–H groups in total. The summed E-state index contributed by atoms with van der Waals surface area (Å²) in [5, 5.41) is 5.46. The molecule has 0 aliphatic heterocycles. The van der Waals surface area contributed by atoms with E-state index < -0.39 is 0 Å². The minimum absolute atomic E-state index is 0. The topological polar surface area (TPSA) is 9.86 Å². The van der Waals surface area contributed by atoms with Crippen molar-refractivity contribution in [1.29, 1.82) is 0 Å². The monoisotopic (exact) mass is 664 g/mol. The van der Waals surface area contributed by atoms with Crippen LogP contribution in [0.5, 0.6) is 0 Å². The van der Waals surface area contributed by atoms with Crippen molar-refractivity contribution in [2.75, 3.05) is 0 Å². The van der Waals surface area contributed by atoms with Gasteiger partial charge in [0.15, 0.2) is 0 Å². The molecule has 0 aliphatic rings. The smallest absolute Gasteiger partial charge is 1.00 e. The summed E-state index contributed by atoms with van der Waals surface area (Å²) in [6, 6.07) is 26.0. The van der Waals surface area contributed by atoms with Crippen LogP contribution in [0.4, 0.5) is 0 Å². The number of benzene rings is 2. The molecule has 0 saturated carbocycles. The molecule has 4 aromatic carbocycles. The summed E-state index contributed by atoms with van der Waals surface area (Å²) >= 11 is 0. The number of halogens is 2. The first-order valence-corrected chi connectivity index (χ1v) is 11.1. The van der Waals surface area contributed by atoms with Crippen LogP contribution in [0.25, 0.3) is 32.9 Å². The van der Waals surface area contributed by atoms with Crippen LogP contribution >= 0.6 is 0 Å². The summed E-state index contributed by atoms with van der Waals surface area (Å²) in [6.45, 7) is 8.67. The molecule has 0 amide bonds. The van der Waals surface area contributed by atoms with E-state index in [1.165, 1.54) is 55.2 Å². The maximum absolute atomic E-state index is 2.26. The fourth-order valence-electron chi connectivity index (χ4n) is 4.46. The Morgan fingerprint density at radius 3 is 1.14 bits per heavy atom. The largest absolute Gasteiger partial charge is 4.00 e. The third-order valence-corrected chi connectivity index (χ3v) is 6.42. The number of aryl methyl sites for hydroxylation is 4. The molecule has 2 aromatic heterocycles. The van der Waals surface area contributed by atoms with Gasteiger partial charge in [0.05, 0.1) is 0 Å². The van der Waals surface area contributed by atoms with E-state index in [9.17, 15) is 0 Å². The molecule has 2 heterocycles.